The van der Waals surface area contributed by atoms with Crippen LogP contribution < -0.4 is 11.1 Å². The normalized spacial score (nSPS) is 20.2. The second kappa shape index (κ2) is 5.44. The molecule has 1 aromatic heterocycles. The molecule has 1 atom stereocenters. The average molecular weight is 251 g/mol. The zero-order chi connectivity index (χ0) is 13.0. The van der Waals surface area contributed by atoms with Gasteiger partial charge in [0.2, 0.25) is 0 Å². The second-order valence-electron chi connectivity index (χ2n) is 5.13. The van der Waals surface area contributed by atoms with E-state index >= 15 is 0 Å². The molecule has 0 aromatic carbocycles. The highest BCUT2D eigenvalue weighted by molar-refractivity contribution is 5.77. The van der Waals surface area contributed by atoms with Crippen LogP contribution in [0.25, 0.3) is 0 Å². The van der Waals surface area contributed by atoms with Crippen molar-refractivity contribution < 1.29 is 9.52 Å². The predicted molar refractivity (Wildman–Crippen MR) is 70.1 cm³/mol. The Morgan fingerprint density at radius 3 is 3.00 bits per heavy atom. The van der Waals surface area contributed by atoms with Gasteiger partial charge in [0.05, 0.1) is 12.8 Å². The first-order chi connectivity index (χ1) is 8.58. The standard InChI is InChI=1S/C13H21N3O2/c1-13(17,11-6-3-7-18-11)9-16-12(14)15-8-10-4-2-5-10/h3,6-7,10,17H,2,4-5,8-9H2,1H3,(H3,14,15,16). The Morgan fingerprint density at radius 1 is 1.67 bits per heavy atom. The smallest absolute Gasteiger partial charge is 0.188 e. The summed E-state index contributed by atoms with van der Waals surface area (Å²) in [5.41, 5.74) is 4.64. The fourth-order valence-corrected chi connectivity index (χ4v) is 1.90. The van der Waals surface area contributed by atoms with Crippen molar-refractivity contribution in [3.63, 3.8) is 0 Å². The van der Waals surface area contributed by atoms with Crippen LogP contribution in [0.5, 0.6) is 0 Å². The summed E-state index contributed by atoms with van der Waals surface area (Å²) in [6, 6.07) is 3.47. The van der Waals surface area contributed by atoms with Crippen molar-refractivity contribution in [2.45, 2.75) is 31.8 Å². The Morgan fingerprint density at radius 2 is 2.44 bits per heavy atom. The highest BCUT2D eigenvalue weighted by Gasteiger charge is 2.26. The molecule has 0 radical (unpaired) electrons. The van der Waals surface area contributed by atoms with E-state index in [1.807, 2.05) is 0 Å². The summed E-state index contributed by atoms with van der Waals surface area (Å²) in [7, 11) is 0. The molecule has 1 aliphatic carbocycles. The van der Waals surface area contributed by atoms with Gasteiger partial charge < -0.3 is 20.6 Å². The van der Waals surface area contributed by atoms with Crippen molar-refractivity contribution in [2.75, 3.05) is 13.1 Å². The molecule has 1 fully saturated rings. The molecule has 5 heteroatoms. The second-order valence-corrected chi connectivity index (χ2v) is 5.13. The van der Waals surface area contributed by atoms with Gasteiger partial charge in [-0.25, -0.2) is 4.99 Å². The van der Waals surface area contributed by atoms with Gasteiger partial charge in [0, 0.05) is 6.54 Å². The quantitative estimate of drug-likeness (QED) is 0.542. The largest absolute Gasteiger partial charge is 0.466 e. The van der Waals surface area contributed by atoms with Crippen LogP contribution in [0.15, 0.2) is 27.8 Å². The van der Waals surface area contributed by atoms with Crippen molar-refractivity contribution in [1.29, 1.82) is 0 Å². The van der Waals surface area contributed by atoms with E-state index in [0.29, 0.717) is 11.7 Å². The molecule has 1 heterocycles. The van der Waals surface area contributed by atoms with Crippen LogP contribution in [0.3, 0.4) is 0 Å². The number of guanidine groups is 1. The lowest BCUT2D eigenvalue weighted by molar-refractivity contribution is 0.0437. The van der Waals surface area contributed by atoms with Crippen LogP contribution in [0.1, 0.15) is 31.9 Å². The summed E-state index contributed by atoms with van der Waals surface area (Å²) in [5, 5.41) is 13.3. The number of rotatable bonds is 5. The number of aliphatic imine (C=N–C) groups is 1. The Kier molecular flexibility index (Phi) is 3.91. The fourth-order valence-electron chi connectivity index (χ4n) is 1.90. The van der Waals surface area contributed by atoms with Crippen molar-refractivity contribution in [1.82, 2.24) is 5.32 Å². The average Bonchev–Trinajstić information content (AvgIpc) is 2.78. The Bertz CT molecular complexity index is 394. The predicted octanol–water partition coefficient (Wildman–Crippen LogP) is 1.19. The van der Waals surface area contributed by atoms with Crippen LogP contribution in [-0.4, -0.2) is 24.2 Å². The zero-order valence-corrected chi connectivity index (χ0v) is 10.7. The number of aliphatic hydroxyl groups is 1. The van der Waals surface area contributed by atoms with Crippen LogP contribution in [0.4, 0.5) is 0 Å². The minimum Gasteiger partial charge on any atom is -0.466 e. The monoisotopic (exact) mass is 251 g/mol. The first-order valence-electron chi connectivity index (χ1n) is 6.38. The molecule has 2 rings (SSSR count). The summed E-state index contributed by atoms with van der Waals surface area (Å²) >= 11 is 0. The van der Waals surface area contributed by atoms with E-state index in [2.05, 4.69) is 10.3 Å². The Balaban J connectivity index is 1.81. The van der Waals surface area contributed by atoms with Crippen molar-refractivity contribution in [3.8, 4) is 0 Å². The molecular weight excluding hydrogens is 230 g/mol. The maximum absolute atomic E-state index is 10.2. The number of nitrogens with zero attached hydrogens (tertiary/aromatic N) is 1. The molecule has 4 N–H and O–H groups in total. The third-order valence-corrected chi connectivity index (χ3v) is 3.41. The first-order valence-corrected chi connectivity index (χ1v) is 6.38. The van der Waals surface area contributed by atoms with Gasteiger partial charge in [-0.3, -0.25) is 0 Å². The number of hydrogen-bond acceptors (Lipinski definition) is 3. The first kappa shape index (κ1) is 13.0. The fraction of sp³-hybridized carbons (Fsp3) is 0.615. The van der Waals surface area contributed by atoms with Crippen LogP contribution in [0.2, 0.25) is 0 Å². The molecule has 1 aliphatic rings. The molecule has 0 bridgehead atoms. The number of nitrogens with one attached hydrogen (secondary N) is 1. The summed E-state index contributed by atoms with van der Waals surface area (Å²) in [4.78, 5) is 4.16. The van der Waals surface area contributed by atoms with Gasteiger partial charge in [0.25, 0.3) is 0 Å². The SMILES string of the molecule is CC(O)(CN=C(N)NCC1CCC1)c1ccco1. The molecular formula is C13H21N3O2. The molecule has 100 valence electrons. The maximum Gasteiger partial charge on any atom is 0.188 e. The van der Waals surface area contributed by atoms with E-state index in [1.165, 1.54) is 25.5 Å². The van der Waals surface area contributed by atoms with Gasteiger partial charge in [-0.2, -0.15) is 0 Å². The van der Waals surface area contributed by atoms with Gasteiger partial charge >= 0.3 is 0 Å². The molecule has 1 aromatic rings. The molecule has 0 aliphatic heterocycles. The van der Waals surface area contributed by atoms with Gasteiger partial charge in [0.15, 0.2) is 5.96 Å². The van der Waals surface area contributed by atoms with E-state index < -0.39 is 5.60 Å². The molecule has 5 nitrogen and oxygen atoms in total. The van der Waals surface area contributed by atoms with Crippen molar-refractivity contribution in [3.05, 3.63) is 24.2 Å². The summed E-state index contributed by atoms with van der Waals surface area (Å²) in [5.74, 6) is 1.61. The zero-order valence-electron chi connectivity index (χ0n) is 10.7. The molecule has 1 saturated carbocycles. The van der Waals surface area contributed by atoms with E-state index in [9.17, 15) is 5.11 Å². The van der Waals surface area contributed by atoms with Gasteiger partial charge in [-0.1, -0.05) is 6.42 Å². The minimum absolute atomic E-state index is 0.185. The van der Waals surface area contributed by atoms with Crippen LogP contribution in [0, 0.1) is 5.92 Å². The summed E-state index contributed by atoms with van der Waals surface area (Å²) < 4.78 is 5.17. The minimum atomic E-state index is -1.12. The summed E-state index contributed by atoms with van der Waals surface area (Å²) in [6.45, 7) is 2.72. The van der Waals surface area contributed by atoms with E-state index in [0.717, 1.165) is 12.5 Å². The van der Waals surface area contributed by atoms with Crippen LogP contribution >= 0.6 is 0 Å². The third-order valence-electron chi connectivity index (χ3n) is 3.41. The van der Waals surface area contributed by atoms with Gasteiger partial charge in [0.1, 0.15) is 11.4 Å². The molecule has 0 saturated heterocycles. The number of hydrogen-bond donors (Lipinski definition) is 3. The maximum atomic E-state index is 10.2. The molecule has 1 unspecified atom stereocenters. The highest BCUT2D eigenvalue weighted by Crippen LogP contribution is 2.25. The van der Waals surface area contributed by atoms with E-state index in [4.69, 9.17) is 10.2 Å². The lowest BCUT2D eigenvalue weighted by Crippen LogP contribution is -2.38. The van der Waals surface area contributed by atoms with Crippen molar-refractivity contribution in [2.24, 2.45) is 16.6 Å². The molecule has 18 heavy (non-hydrogen) atoms. The summed E-state index contributed by atoms with van der Waals surface area (Å²) in [6.07, 6.45) is 5.39. The number of furan rings is 1. The topological polar surface area (TPSA) is 83.8 Å². The lowest BCUT2D eigenvalue weighted by atomic mass is 9.85. The molecule has 0 amide bonds. The van der Waals surface area contributed by atoms with Crippen molar-refractivity contribution >= 4 is 5.96 Å². The lowest BCUT2D eigenvalue weighted by Gasteiger charge is -2.25. The van der Waals surface area contributed by atoms with Crippen LogP contribution in [-0.2, 0) is 5.60 Å². The number of nitrogens with two attached hydrogens (primary N) is 1. The Labute approximate surface area is 107 Å². The van der Waals surface area contributed by atoms with E-state index in [1.54, 1.807) is 19.1 Å². The van der Waals surface area contributed by atoms with E-state index in [-0.39, 0.29) is 6.54 Å². The van der Waals surface area contributed by atoms with Gasteiger partial charge in [-0.15, -0.1) is 0 Å². The third kappa shape index (κ3) is 3.26. The highest BCUT2D eigenvalue weighted by atomic mass is 16.4. The molecule has 0 spiro atoms. The van der Waals surface area contributed by atoms with Gasteiger partial charge in [-0.05, 0) is 37.8 Å². The Hall–Kier alpha value is -1.49.